The van der Waals surface area contributed by atoms with Crippen LogP contribution in [0.5, 0.6) is 0 Å². The molecule has 1 aliphatic rings. The topological polar surface area (TPSA) is 54.3 Å². The number of amides is 1. The molecule has 0 saturated heterocycles. The van der Waals surface area contributed by atoms with E-state index in [1.165, 1.54) is 24.6 Å². The lowest BCUT2D eigenvalue weighted by Gasteiger charge is -2.29. The van der Waals surface area contributed by atoms with Crippen LogP contribution in [0.15, 0.2) is 59.8 Å². The summed E-state index contributed by atoms with van der Waals surface area (Å²) in [5.41, 5.74) is 2.08. The van der Waals surface area contributed by atoms with Gasteiger partial charge < -0.3 is 4.90 Å². The van der Waals surface area contributed by atoms with Crippen molar-refractivity contribution in [2.24, 2.45) is 5.92 Å². The second kappa shape index (κ2) is 10.9. The predicted octanol–water partition coefficient (Wildman–Crippen LogP) is 5.46. The van der Waals surface area contributed by atoms with Crippen LogP contribution in [0.25, 0.3) is 5.69 Å². The van der Waals surface area contributed by atoms with E-state index in [1.807, 2.05) is 66.0 Å². The molecule has 1 aromatic heterocycles. The smallest absolute Gasteiger partial charge is 0.233 e. The zero-order chi connectivity index (χ0) is 24.2. The molecule has 1 amide bonds. The van der Waals surface area contributed by atoms with Gasteiger partial charge in [-0.3, -0.25) is 14.3 Å². The van der Waals surface area contributed by atoms with Crippen LogP contribution in [-0.2, 0) is 11.3 Å². The van der Waals surface area contributed by atoms with E-state index >= 15 is 0 Å². The molecule has 6 nitrogen and oxygen atoms in total. The van der Waals surface area contributed by atoms with Crippen LogP contribution >= 0.6 is 23.4 Å². The zero-order valence-electron chi connectivity index (χ0n) is 20.2. The van der Waals surface area contributed by atoms with Gasteiger partial charge in [-0.05, 0) is 76.5 Å². The summed E-state index contributed by atoms with van der Waals surface area (Å²) in [6.45, 7) is 4.90. The Hall–Kier alpha value is -2.35. The van der Waals surface area contributed by atoms with Crippen LogP contribution in [0.2, 0.25) is 5.02 Å². The van der Waals surface area contributed by atoms with Gasteiger partial charge >= 0.3 is 0 Å². The first-order valence-electron chi connectivity index (χ1n) is 11.7. The number of aromatic nitrogens is 3. The average molecular weight is 498 g/mol. The number of thioether (sulfide) groups is 1. The maximum absolute atomic E-state index is 13.5. The van der Waals surface area contributed by atoms with Gasteiger partial charge in [-0.2, -0.15) is 0 Å². The Morgan fingerprint density at radius 1 is 1.09 bits per heavy atom. The van der Waals surface area contributed by atoms with Crippen molar-refractivity contribution in [3.8, 4) is 5.69 Å². The Bertz CT molecular complexity index is 1100. The standard InChI is InChI=1S/C26H32ClN5OS/c1-18(21-10-11-21)31(16-20-8-6-5-7-9-20)24(33)17-34-26-29-28-25(19(2)30(3)4)32(26)23-14-12-22(27)13-15-23/h5-9,12-15,18-19,21H,10-11,16-17H2,1-4H3. The highest BCUT2D eigenvalue weighted by atomic mass is 35.5. The summed E-state index contributed by atoms with van der Waals surface area (Å²) >= 11 is 7.56. The molecule has 0 N–H and O–H groups in total. The number of carbonyl (C=O) groups is 1. The van der Waals surface area contributed by atoms with Gasteiger partial charge in [-0.15, -0.1) is 10.2 Å². The molecule has 4 rings (SSSR count). The summed E-state index contributed by atoms with van der Waals surface area (Å²) < 4.78 is 2.03. The van der Waals surface area contributed by atoms with E-state index < -0.39 is 0 Å². The average Bonchev–Trinajstić information content (AvgIpc) is 3.61. The van der Waals surface area contributed by atoms with E-state index in [2.05, 4.69) is 41.1 Å². The number of nitrogens with zero attached hydrogens (tertiary/aromatic N) is 5. The maximum atomic E-state index is 13.5. The quantitative estimate of drug-likeness (QED) is 0.348. The Morgan fingerprint density at radius 3 is 2.38 bits per heavy atom. The van der Waals surface area contributed by atoms with Gasteiger partial charge in [0, 0.05) is 23.3 Å². The van der Waals surface area contributed by atoms with Gasteiger partial charge in [-0.1, -0.05) is 53.7 Å². The van der Waals surface area contributed by atoms with Gasteiger partial charge in [0.1, 0.15) is 0 Å². The van der Waals surface area contributed by atoms with Crippen molar-refractivity contribution >= 4 is 29.3 Å². The molecule has 0 aliphatic heterocycles. The molecule has 1 aliphatic carbocycles. The molecule has 3 aromatic rings. The molecule has 180 valence electrons. The first kappa shape index (κ1) is 24.8. The maximum Gasteiger partial charge on any atom is 0.233 e. The number of rotatable bonds is 10. The minimum absolute atomic E-state index is 0.0534. The first-order chi connectivity index (χ1) is 16.3. The summed E-state index contributed by atoms with van der Waals surface area (Å²) in [4.78, 5) is 17.6. The lowest BCUT2D eigenvalue weighted by molar-refractivity contribution is -0.131. The van der Waals surface area contributed by atoms with Crippen molar-refractivity contribution in [3.05, 3.63) is 71.0 Å². The van der Waals surface area contributed by atoms with Crippen molar-refractivity contribution in [1.82, 2.24) is 24.6 Å². The molecule has 0 radical (unpaired) electrons. The molecule has 0 spiro atoms. The summed E-state index contributed by atoms with van der Waals surface area (Å²) in [5, 5.41) is 10.3. The monoisotopic (exact) mass is 497 g/mol. The minimum atomic E-state index is 0.0534. The van der Waals surface area contributed by atoms with E-state index in [0.717, 1.165) is 17.1 Å². The largest absolute Gasteiger partial charge is 0.335 e. The predicted molar refractivity (Wildman–Crippen MR) is 138 cm³/mol. The van der Waals surface area contributed by atoms with Gasteiger partial charge in [-0.25, -0.2) is 0 Å². The summed E-state index contributed by atoms with van der Waals surface area (Å²) in [7, 11) is 4.03. The highest BCUT2D eigenvalue weighted by molar-refractivity contribution is 7.99. The molecule has 2 aromatic carbocycles. The third kappa shape index (κ3) is 5.82. The fourth-order valence-corrected chi connectivity index (χ4v) is 4.96. The molecule has 0 bridgehead atoms. The van der Waals surface area contributed by atoms with Crippen molar-refractivity contribution in [2.45, 2.75) is 50.5 Å². The number of halogens is 1. The van der Waals surface area contributed by atoms with Crippen molar-refractivity contribution in [1.29, 1.82) is 0 Å². The van der Waals surface area contributed by atoms with Crippen molar-refractivity contribution in [2.75, 3.05) is 19.8 Å². The van der Waals surface area contributed by atoms with Crippen LogP contribution in [0, 0.1) is 5.92 Å². The van der Waals surface area contributed by atoms with Crippen molar-refractivity contribution in [3.63, 3.8) is 0 Å². The second-order valence-corrected chi connectivity index (χ2v) is 10.5. The number of hydrogen-bond donors (Lipinski definition) is 0. The molecule has 34 heavy (non-hydrogen) atoms. The van der Waals surface area contributed by atoms with E-state index in [4.69, 9.17) is 11.6 Å². The van der Waals surface area contributed by atoms with Crippen LogP contribution in [-0.4, -0.2) is 56.4 Å². The van der Waals surface area contributed by atoms with Gasteiger partial charge in [0.05, 0.1) is 11.8 Å². The molecule has 1 saturated carbocycles. The highest BCUT2D eigenvalue weighted by Crippen LogP contribution is 2.36. The first-order valence-corrected chi connectivity index (χ1v) is 13.1. The summed E-state index contributed by atoms with van der Waals surface area (Å²) in [5.74, 6) is 1.87. The Balaban J connectivity index is 1.56. The van der Waals surface area contributed by atoms with E-state index in [0.29, 0.717) is 28.4 Å². The molecule has 2 unspecified atom stereocenters. The van der Waals surface area contributed by atoms with E-state index in [9.17, 15) is 4.79 Å². The number of benzene rings is 2. The zero-order valence-corrected chi connectivity index (χ0v) is 21.8. The van der Waals surface area contributed by atoms with Gasteiger partial charge in [0.2, 0.25) is 5.91 Å². The molecular weight excluding hydrogens is 466 g/mol. The molecule has 8 heteroatoms. The molecule has 1 heterocycles. The van der Waals surface area contributed by atoms with E-state index in [1.54, 1.807) is 0 Å². The van der Waals surface area contributed by atoms with Crippen LogP contribution in [0.4, 0.5) is 0 Å². The molecule has 1 fully saturated rings. The summed E-state index contributed by atoms with van der Waals surface area (Å²) in [6, 6.07) is 18.1. The Kier molecular flexibility index (Phi) is 7.96. The van der Waals surface area contributed by atoms with E-state index in [-0.39, 0.29) is 18.0 Å². The van der Waals surface area contributed by atoms with Gasteiger partial charge in [0.15, 0.2) is 11.0 Å². The Labute approximate surface area is 211 Å². The molecule has 2 atom stereocenters. The summed E-state index contributed by atoms with van der Waals surface area (Å²) in [6.07, 6.45) is 2.40. The second-order valence-electron chi connectivity index (χ2n) is 9.17. The fraction of sp³-hybridized carbons (Fsp3) is 0.423. The number of carbonyl (C=O) groups excluding carboxylic acids is 1. The minimum Gasteiger partial charge on any atom is -0.335 e. The molecular formula is C26H32ClN5OS. The number of hydrogen-bond acceptors (Lipinski definition) is 5. The van der Waals surface area contributed by atoms with Crippen LogP contribution in [0.1, 0.15) is 44.1 Å². The normalized spacial score (nSPS) is 15.4. The highest BCUT2D eigenvalue weighted by Gasteiger charge is 2.34. The third-order valence-corrected chi connectivity index (χ3v) is 7.69. The van der Waals surface area contributed by atoms with Crippen LogP contribution < -0.4 is 0 Å². The lowest BCUT2D eigenvalue weighted by Crippen LogP contribution is -2.40. The van der Waals surface area contributed by atoms with Gasteiger partial charge in [0.25, 0.3) is 0 Å². The fourth-order valence-electron chi connectivity index (χ4n) is 3.99. The third-order valence-electron chi connectivity index (χ3n) is 6.53. The Morgan fingerprint density at radius 2 is 1.76 bits per heavy atom. The van der Waals surface area contributed by atoms with Crippen molar-refractivity contribution < 1.29 is 4.79 Å². The lowest BCUT2D eigenvalue weighted by atomic mass is 10.1. The van der Waals surface area contributed by atoms with Crippen LogP contribution in [0.3, 0.4) is 0 Å². The SMILES string of the molecule is CC(c1nnc(SCC(=O)N(Cc2ccccc2)C(C)C2CC2)n1-c1ccc(Cl)cc1)N(C)C.